The van der Waals surface area contributed by atoms with Gasteiger partial charge in [0.2, 0.25) is 11.8 Å². The Morgan fingerprint density at radius 1 is 1.00 bits per heavy atom. The molecule has 0 radical (unpaired) electrons. The second-order valence-electron chi connectivity index (χ2n) is 5.87. The van der Waals surface area contributed by atoms with Crippen molar-refractivity contribution >= 4 is 17.5 Å². The molecule has 24 heavy (non-hydrogen) atoms. The van der Waals surface area contributed by atoms with E-state index in [0.717, 1.165) is 11.3 Å². The van der Waals surface area contributed by atoms with Crippen molar-refractivity contribution < 1.29 is 14.0 Å². The molecule has 5 heteroatoms. The van der Waals surface area contributed by atoms with Crippen LogP contribution in [0.15, 0.2) is 48.5 Å². The first kappa shape index (κ1) is 17.7. The third-order valence-electron chi connectivity index (χ3n) is 3.58. The van der Waals surface area contributed by atoms with Gasteiger partial charge in [0.05, 0.1) is 13.0 Å². The summed E-state index contributed by atoms with van der Waals surface area (Å²) in [4.78, 5) is 23.9. The van der Waals surface area contributed by atoms with Crippen molar-refractivity contribution in [3.8, 4) is 0 Å². The number of para-hydroxylation sites is 1. The van der Waals surface area contributed by atoms with Gasteiger partial charge < -0.3 is 10.6 Å². The second kappa shape index (κ2) is 8.24. The zero-order valence-electron chi connectivity index (χ0n) is 13.8. The maximum atomic E-state index is 12.8. The molecule has 0 saturated carbocycles. The second-order valence-corrected chi connectivity index (χ2v) is 5.87. The Morgan fingerprint density at radius 2 is 1.67 bits per heavy atom. The smallest absolute Gasteiger partial charge is 0.243 e. The van der Waals surface area contributed by atoms with Crippen LogP contribution in [0.5, 0.6) is 0 Å². The fourth-order valence-electron chi connectivity index (χ4n) is 2.34. The van der Waals surface area contributed by atoms with E-state index < -0.39 is 0 Å². The number of benzene rings is 2. The van der Waals surface area contributed by atoms with Crippen LogP contribution in [0.4, 0.5) is 10.1 Å². The van der Waals surface area contributed by atoms with Gasteiger partial charge in [0.1, 0.15) is 5.82 Å². The van der Waals surface area contributed by atoms with Gasteiger partial charge >= 0.3 is 0 Å². The van der Waals surface area contributed by atoms with Crippen LogP contribution in [0.2, 0.25) is 0 Å². The highest BCUT2D eigenvalue weighted by atomic mass is 19.1. The lowest BCUT2D eigenvalue weighted by molar-refractivity contribution is -0.123. The van der Waals surface area contributed by atoms with Crippen molar-refractivity contribution in [2.75, 3.05) is 11.9 Å². The van der Waals surface area contributed by atoms with E-state index in [9.17, 15) is 14.0 Å². The van der Waals surface area contributed by atoms with Crippen LogP contribution in [-0.4, -0.2) is 18.4 Å². The Balaban J connectivity index is 1.85. The molecule has 0 aliphatic heterocycles. The van der Waals surface area contributed by atoms with Crippen LogP contribution in [0.1, 0.15) is 30.9 Å². The zero-order chi connectivity index (χ0) is 17.5. The summed E-state index contributed by atoms with van der Waals surface area (Å²) in [6, 6.07) is 13.3. The molecule has 0 atom stereocenters. The van der Waals surface area contributed by atoms with Gasteiger partial charge in [0, 0.05) is 5.69 Å². The summed E-state index contributed by atoms with van der Waals surface area (Å²) in [5.41, 5.74) is 2.49. The number of hydrogen-bond donors (Lipinski definition) is 2. The maximum Gasteiger partial charge on any atom is 0.243 e. The average Bonchev–Trinajstić information content (AvgIpc) is 2.55. The minimum Gasteiger partial charge on any atom is -0.347 e. The number of carbonyl (C=O) groups is 2. The van der Waals surface area contributed by atoms with E-state index in [1.165, 1.54) is 12.1 Å². The lowest BCUT2D eigenvalue weighted by Gasteiger charge is -2.13. The number of amides is 2. The van der Waals surface area contributed by atoms with Crippen molar-refractivity contribution in [1.82, 2.24) is 5.32 Å². The minimum absolute atomic E-state index is 0.105. The molecule has 0 heterocycles. The van der Waals surface area contributed by atoms with E-state index in [-0.39, 0.29) is 36.5 Å². The summed E-state index contributed by atoms with van der Waals surface area (Å²) in [5.74, 6) is -0.624. The van der Waals surface area contributed by atoms with Gasteiger partial charge in [-0.3, -0.25) is 9.59 Å². The molecule has 2 rings (SSSR count). The van der Waals surface area contributed by atoms with Crippen LogP contribution in [0, 0.1) is 5.82 Å². The van der Waals surface area contributed by atoms with Crippen molar-refractivity contribution in [3.05, 3.63) is 65.5 Å². The molecule has 0 fully saturated rings. The van der Waals surface area contributed by atoms with Crippen LogP contribution in [0.3, 0.4) is 0 Å². The molecule has 0 bridgehead atoms. The number of hydrogen-bond acceptors (Lipinski definition) is 2. The molecule has 2 aromatic carbocycles. The SMILES string of the molecule is CC(C)c1ccccc1NC(=O)CNC(=O)Cc1ccc(F)cc1. The Labute approximate surface area is 141 Å². The molecular weight excluding hydrogens is 307 g/mol. The minimum atomic E-state index is -0.345. The Morgan fingerprint density at radius 3 is 2.33 bits per heavy atom. The molecule has 2 amide bonds. The normalized spacial score (nSPS) is 10.5. The molecule has 0 aliphatic carbocycles. The number of nitrogens with one attached hydrogen (secondary N) is 2. The fraction of sp³-hybridized carbons (Fsp3) is 0.263. The summed E-state index contributed by atoms with van der Waals surface area (Å²) in [6.07, 6.45) is 0.107. The number of carbonyl (C=O) groups excluding carboxylic acids is 2. The molecule has 4 nitrogen and oxygen atoms in total. The van der Waals surface area contributed by atoms with Crippen LogP contribution >= 0.6 is 0 Å². The van der Waals surface area contributed by atoms with Crippen LogP contribution in [0.25, 0.3) is 0 Å². The third-order valence-corrected chi connectivity index (χ3v) is 3.58. The Kier molecular flexibility index (Phi) is 6.07. The largest absolute Gasteiger partial charge is 0.347 e. The molecule has 2 N–H and O–H groups in total. The topological polar surface area (TPSA) is 58.2 Å². The lowest BCUT2D eigenvalue weighted by atomic mass is 10.0. The summed E-state index contributed by atoms with van der Waals surface area (Å²) < 4.78 is 12.8. The molecule has 2 aromatic rings. The lowest BCUT2D eigenvalue weighted by Crippen LogP contribution is -2.34. The highest BCUT2D eigenvalue weighted by Crippen LogP contribution is 2.23. The molecule has 0 saturated heterocycles. The van der Waals surface area contributed by atoms with E-state index in [2.05, 4.69) is 24.5 Å². The maximum absolute atomic E-state index is 12.8. The Bertz CT molecular complexity index is 712. The zero-order valence-corrected chi connectivity index (χ0v) is 13.8. The number of anilines is 1. The highest BCUT2D eigenvalue weighted by molar-refractivity contribution is 5.95. The third kappa shape index (κ3) is 5.19. The van der Waals surface area contributed by atoms with Crippen molar-refractivity contribution in [2.45, 2.75) is 26.2 Å². The first-order valence-electron chi connectivity index (χ1n) is 7.85. The monoisotopic (exact) mass is 328 g/mol. The fourth-order valence-corrected chi connectivity index (χ4v) is 2.34. The first-order valence-corrected chi connectivity index (χ1v) is 7.85. The number of rotatable bonds is 6. The van der Waals surface area contributed by atoms with Gasteiger partial charge in [-0.25, -0.2) is 4.39 Å². The molecule has 126 valence electrons. The van der Waals surface area contributed by atoms with E-state index in [1.54, 1.807) is 12.1 Å². The molecular formula is C19H21FN2O2. The number of halogens is 1. The van der Waals surface area contributed by atoms with Gasteiger partial charge in [-0.2, -0.15) is 0 Å². The van der Waals surface area contributed by atoms with Crippen LogP contribution in [-0.2, 0) is 16.0 Å². The van der Waals surface area contributed by atoms with Crippen LogP contribution < -0.4 is 10.6 Å². The predicted octanol–water partition coefficient (Wildman–Crippen LogP) is 3.25. The van der Waals surface area contributed by atoms with E-state index in [4.69, 9.17) is 0 Å². The van der Waals surface area contributed by atoms with Gasteiger partial charge in [0.15, 0.2) is 0 Å². The molecule has 0 unspecified atom stereocenters. The van der Waals surface area contributed by atoms with Crippen molar-refractivity contribution in [3.63, 3.8) is 0 Å². The van der Waals surface area contributed by atoms with Crippen molar-refractivity contribution in [2.24, 2.45) is 0 Å². The van der Waals surface area contributed by atoms with Gasteiger partial charge in [-0.1, -0.05) is 44.2 Å². The predicted molar refractivity (Wildman–Crippen MR) is 92.3 cm³/mol. The Hall–Kier alpha value is -2.69. The molecule has 0 spiro atoms. The van der Waals surface area contributed by atoms with Gasteiger partial charge in [0.25, 0.3) is 0 Å². The summed E-state index contributed by atoms with van der Waals surface area (Å²) in [7, 11) is 0. The quantitative estimate of drug-likeness (QED) is 0.855. The van der Waals surface area contributed by atoms with E-state index >= 15 is 0 Å². The summed E-state index contributed by atoms with van der Waals surface area (Å²) in [5, 5.41) is 5.39. The standard InChI is InChI=1S/C19H21FN2O2/c1-13(2)16-5-3-4-6-17(16)22-19(24)12-21-18(23)11-14-7-9-15(20)10-8-14/h3-10,13H,11-12H2,1-2H3,(H,21,23)(H,22,24). The van der Waals surface area contributed by atoms with E-state index in [0.29, 0.717) is 5.56 Å². The molecule has 0 aromatic heterocycles. The first-order chi connectivity index (χ1) is 11.5. The average molecular weight is 328 g/mol. The summed E-state index contributed by atoms with van der Waals surface area (Å²) >= 11 is 0. The van der Waals surface area contributed by atoms with Gasteiger partial charge in [-0.05, 0) is 35.2 Å². The summed E-state index contributed by atoms with van der Waals surface area (Å²) in [6.45, 7) is 4.00. The van der Waals surface area contributed by atoms with Crippen molar-refractivity contribution in [1.29, 1.82) is 0 Å². The highest BCUT2D eigenvalue weighted by Gasteiger charge is 2.10. The van der Waals surface area contributed by atoms with Gasteiger partial charge in [-0.15, -0.1) is 0 Å². The molecule has 0 aliphatic rings. The van der Waals surface area contributed by atoms with E-state index in [1.807, 2.05) is 24.3 Å².